The number of nitrogens with zero attached hydrogens (tertiary/aromatic N) is 1. The molecule has 0 saturated heterocycles. The Hall–Kier alpha value is -2.56. The summed E-state index contributed by atoms with van der Waals surface area (Å²) in [6.45, 7) is 0.562. The molecule has 0 unspecified atom stereocenters. The molecule has 22 heavy (non-hydrogen) atoms. The van der Waals surface area contributed by atoms with E-state index in [1.807, 2.05) is 29.2 Å². The first-order valence-corrected chi connectivity index (χ1v) is 7.30. The van der Waals surface area contributed by atoms with Crippen LogP contribution in [0.25, 0.3) is 0 Å². The van der Waals surface area contributed by atoms with Crippen molar-refractivity contribution in [3.63, 3.8) is 0 Å². The number of hydrogen-bond donors (Lipinski definition) is 1. The van der Waals surface area contributed by atoms with E-state index in [1.165, 1.54) is 12.3 Å². The highest BCUT2D eigenvalue weighted by Crippen LogP contribution is 2.30. The summed E-state index contributed by atoms with van der Waals surface area (Å²) in [5.74, 6) is 0.753. The van der Waals surface area contributed by atoms with Crippen molar-refractivity contribution in [3.8, 4) is 5.75 Å². The molecular formula is C17H18N2O3. The van der Waals surface area contributed by atoms with Crippen LogP contribution < -0.4 is 10.3 Å². The van der Waals surface area contributed by atoms with E-state index in [2.05, 4.69) is 4.98 Å². The number of ether oxygens (including phenoxy) is 1. The molecule has 5 heteroatoms. The van der Waals surface area contributed by atoms with Crippen molar-refractivity contribution < 1.29 is 9.53 Å². The van der Waals surface area contributed by atoms with Gasteiger partial charge in [0.05, 0.1) is 12.7 Å². The van der Waals surface area contributed by atoms with Gasteiger partial charge in [-0.3, -0.25) is 9.59 Å². The third-order valence-corrected chi connectivity index (χ3v) is 3.79. The van der Waals surface area contributed by atoms with Crippen molar-refractivity contribution in [2.75, 3.05) is 7.11 Å². The summed E-state index contributed by atoms with van der Waals surface area (Å²) in [6, 6.07) is 11.0. The Labute approximate surface area is 128 Å². The van der Waals surface area contributed by atoms with Gasteiger partial charge in [0.2, 0.25) is 5.56 Å². The Morgan fingerprint density at radius 3 is 2.50 bits per heavy atom. The largest absolute Gasteiger partial charge is 0.497 e. The Balaban J connectivity index is 1.78. The van der Waals surface area contributed by atoms with Crippen LogP contribution in [0.4, 0.5) is 0 Å². The Kier molecular flexibility index (Phi) is 3.96. The molecule has 1 aliphatic carbocycles. The summed E-state index contributed by atoms with van der Waals surface area (Å²) in [6.07, 6.45) is 3.55. The first-order chi connectivity index (χ1) is 10.7. The second-order valence-electron chi connectivity index (χ2n) is 5.45. The van der Waals surface area contributed by atoms with Crippen LogP contribution in [0.3, 0.4) is 0 Å². The molecule has 2 aromatic rings. The van der Waals surface area contributed by atoms with Gasteiger partial charge in [-0.1, -0.05) is 12.1 Å². The fourth-order valence-corrected chi connectivity index (χ4v) is 2.39. The maximum Gasteiger partial charge on any atom is 0.255 e. The molecule has 1 aromatic carbocycles. The highest BCUT2D eigenvalue weighted by atomic mass is 16.5. The third-order valence-electron chi connectivity index (χ3n) is 3.79. The normalized spacial score (nSPS) is 13.7. The summed E-state index contributed by atoms with van der Waals surface area (Å²) >= 11 is 0. The van der Waals surface area contributed by atoms with Crippen LogP contribution in [0.5, 0.6) is 5.75 Å². The lowest BCUT2D eigenvalue weighted by Crippen LogP contribution is -2.33. The molecule has 0 atom stereocenters. The van der Waals surface area contributed by atoms with E-state index in [1.54, 1.807) is 13.2 Å². The number of hydrogen-bond acceptors (Lipinski definition) is 3. The standard InChI is InChI=1S/C17H18N2O3/c1-22-15-7-2-12(3-8-15)11-19(14-5-6-14)17(21)13-4-9-16(20)18-10-13/h2-4,7-10,14H,5-6,11H2,1H3,(H,18,20). The average Bonchev–Trinajstić information content (AvgIpc) is 3.38. The number of benzene rings is 1. The number of amides is 1. The van der Waals surface area contributed by atoms with Crippen LogP contribution in [0, 0.1) is 0 Å². The number of rotatable bonds is 5. The zero-order chi connectivity index (χ0) is 15.5. The van der Waals surface area contributed by atoms with Crippen LogP contribution in [0.15, 0.2) is 47.4 Å². The molecule has 5 nitrogen and oxygen atoms in total. The monoisotopic (exact) mass is 298 g/mol. The van der Waals surface area contributed by atoms with Crippen molar-refractivity contribution in [1.82, 2.24) is 9.88 Å². The zero-order valence-corrected chi connectivity index (χ0v) is 12.4. The van der Waals surface area contributed by atoms with E-state index in [0.29, 0.717) is 18.2 Å². The second kappa shape index (κ2) is 6.05. The van der Waals surface area contributed by atoms with Gasteiger partial charge < -0.3 is 14.6 Å². The summed E-state index contributed by atoms with van der Waals surface area (Å²) in [4.78, 5) is 28.2. The smallest absolute Gasteiger partial charge is 0.255 e. The zero-order valence-electron chi connectivity index (χ0n) is 12.4. The van der Waals surface area contributed by atoms with Gasteiger partial charge in [0.25, 0.3) is 5.91 Å². The van der Waals surface area contributed by atoms with Crippen molar-refractivity contribution in [2.24, 2.45) is 0 Å². The van der Waals surface area contributed by atoms with Gasteiger partial charge in [0.1, 0.15) is 5.75 Å². The number of pyridine rings is 1. The van der Waals surface area contributed by atoms with Crippen molar-refractivity contribution in [2.45, 2.75) is 25.4 Å². The van der Waals surface area contributed by atoms with Crippen LogP contribution in [-0.4, -0.2) is 28.9 Å². The lowest BCUT2D eigenvalue weighted by Gasteiger charge is -2.22. The lowest BCUT2D eigenvalue weighted by molar-refractivity contribution is 0.0729. The fourth-order valence-electron chi connectivity index (χ4n) is 2.39. The number of aromatic amines is 1. The molecule has 0 spiro atoms. The molecule has 0 bridgehead atoms. The van der Waals surface area contributed by atoms with Gasteiger partial charge in [-0.15, -0.1) is 0 Å². The summed E-state index contributed by atoms with van der Waals surface area (Å²) in [5, 5.41) is 0. The van der Waals surface area contributed by atoms with Gasteiger partial charge >= 0.3 is 0 Å². The minimum Gasteiger partial charge on any atom is -0.497 e. The predicted molar refractivity (Wildman–Crippen MR) is 83.0 cm³/mol. The quantitative estimate of drug-likeness (QED) is 0.920. The maximum atomic E-state index is 12.6. The minimum absolute atomic E-state index is 0.0467. The molecule has 3 rings (SSSR count). The molecule has 0 aliphatic heterocycles. The topological polar surface area (TPSA) is 62.4 Å². The molecule has 1 heterocycles. The molecule has 114 valence electrons. The number of carbonyl (C=O) groups is 1. The van der Waals surface area contributed by atoms with Crippen LogP contribution in [0.1, 0.15) is 28.8 Å². The Bertz CT molecular complexity index is 697. The van der Waals surface area contributed by atoms with Gasteiger partial charge in [-0.25, -0.2) is 0 Å². The fraction of sp³-hybridized carbons (Fsp3) is 0.294. The molecule has 1 saturated carbocycles. The summed E-state index contributed by atoms with van der Waals surface area (Å²) < 4.78 is 5.15. The molecule has 1 amide bonds. The Morgan fingerprint density at radius 1 is 1.23 bits per heavy atom. The SMILES string of the molecule is COc1ccc(CN(C(=O)c2ccc(=O)[nH]c2)C2CC2)cc1. The highest BCUT2D eigenvalue weighted by molar-refractivity contribution is 5.94. The predicted octanol–water partition coefficient (Wildman–Crippen LogP) is 2.19. The molecule has 1 N–H and O–H groups in total. The maximum absolute atomic E-state index is 12.6. The third kappa shape index (κ3) is 3.19. The van der Waals surface area contributed by atoms with Crippen molar-refractivity contribution in [3.05, 3.63) is 64.1 Å². The number of carbonyl (C=O) groups excluding carboxylic acids is 1. The molecule has 1 aromatic heterocycles. The molecule has 1 aliphatic rings. The van der Waals surface area contributed by atoms with E-state index in [-0.39, 0.29) is 11.5 Å². The van der Waals surface area contributed by atoms with E-state index in [4.69, 9.17) is 4.74 Å². The van der Waals surface area contributed by atoms with Crippen LogP contribution >= 0.6 is 0 Å². The van der Waals surface area contributed by atoms with Gasteiger partial charge in [-0.05, 0) is 36.6 Å². The van der Waals surface area contributed by atoms with Crippen LogP contribution in [-0.2, 0) is 6.54 Å². The number of H-pyrrole nitrogens is 1. The van der Waals surface area contributed by atoms with E-state index in [9.17, 15) is 9.59 Å². The molecule has 1 fully saturated rings. The van der Waals surface area contributed by atoms with Gasteiger partial charge in [0, 0.05) is 24.8 Å². The van der Waals surface area contributed by atoms with Crippen molar-refractivity contribution >= 4 is 5.91 Å². The minimum atomic E-state index is -0.204. The lowest BCUT2D eigenvalue weighted by atomic mass is 10.1. The van der Waals surface area contributed by atoms with Crippen molar-refractivity contribution in [1.29, 1.82) is 0 Å². The first-order valence-electron chi connectivity index (χ1n) is 7.30. The summed E-state index contributed by atoms with van der Waals surface area (Å²) in [5.41, 5.74) is 1.37. The highest BCUT2D eigenvalue weighted by Gasteiger charge is 2.33. The van der Waals surface area contributed by atoms with E-state index < -0.39 is 0 Å². The van der Waals surface area contributed by atoms with E-state index in [0.717, 1.165) is 24.2 Å². The van der Waals surface area contributed by atoms with E-state index >= 15 is 0 Å². The summed E-state index contributed by atoms with van der Waals surface area (Å²) in [7, 11) is 1.63. The number of methoxy groups -OCH3 is 1. The van der Waals surface area contributed by atoms with Gasteiger partial charge in [-0.2, -0.15) is 0 Å². The molecule has 0 radical (unpaired) electrons. The number of aromatic nitrogens is 1. The molecular weight excluding hydrogens is 280 g/mol. The second-order valence-corrected chi connectivity index (χ2v) is 5.45. The average molecular weight is 298 g/mol. The van der Waals surface area contributed by atoms with Gasteiger partial charge in [0.15, 0.2) is 0 Å². The Morgan fingerprint density at radius 2 is 1.95 bits per heavy atom. The number of nitrogens with one attached hydrogen (secondary N) is 1. The van der Waals surface area contributed by atoms with Crippen LogP contribution in [0.2, 0.25) is 0 Å². The first kappa shape index (κ1) is 14.4.